The van der Waals surface area contributed by atoms with E-state index in [0.29, 0.717) is 13.2 Å². The van der Waals surface area contributed by atoms with Gasteiger partial charge in [-0.2, -0.15) is 0 Å². The summed E-state index contributed by atoms with van der Waals surface area (Å²) in [6.07, 6.45) is 9.46. The quantitative estimate of drug-likeness (QED) is 0.614. The van der Waals surface area contributed by atoms with E-state index in [1.807, 2.05) is 0 Å². The Bertz CT molecular complexity index is 147. The Balaban J connectivity index is 1.77. The molecule has 0 unspecified atom stereocenters. The standard InChI is InChI=1S/C13H28N2O/c14-8-13-16-12-7-2-1-4-9-15-10-5-3-6-11-15/h1-14H2. The molecule has 0 aromatic heterocycles. The van der Waals surface area contributed by atoms with E-state index in [0.717, 1.165) is 6.61 Å². The van der Waals surface area contributed by atoms with E-state index in [1.54, 1.807) is 0 Å². The van der Waals surface area contributed by atoms with Gasteiger partial charge in [0.25, 0.3) is 0 Å². The molecule has 96 valence electrons. The Morgan fingerprint density at radius 2 is 1.62 bits per heavy atom. The lowest BCUT2D eigenvalue weighted by molar-refractivity contribution is 0.136. The Morgan fingerprint density at radius 3 is 2.38 bits per heavy atom. The average Bonchev–Trinajstić information content (AvgIpc) is 2.34. The second kappa shape index (κ2) is 10.1. The first-order valence-electron chi connectivity index (χ1n) is 6.93. The summed E-state index contributed by atoms with van der Waals surface area (Å²) < 4.78 is 5.34. The average molecular weight is 228 g/mol. The first kappa shape index (κ1) is 13.9. The van der Waals surface area contributed by atoms with Crippen molar-refractivity contribution in [2.24, 2.45) is 5.73 Å². The predicted octanol–water partition coefficient (Wildman–Crippen LogP) is 2.01. The molecule has 1 aliphatic heterocycles. The molecule has 0 atom stereocenters. The van der Waals surface area contributed by atoms with Gasteiger partial charge in [-0.25, -0.2) is 0 Å². The van der Waals surface area contributed by atoms with E-state index in [-0.39, 0.29) is 0 Å². The van der Waals surface area contributed by atoms with Gasteiger partial charge in [-0.15, -0.1) is 0 Å². The van der Waals surface area contributed by atoms with Gasteiger partial charge in [0.1, 0.15) is 0 Å². The topological polar surface area (TPSA) is 38.5 Å². The fourth-order valence-electron chi connectivity index (χ4n) is 2.26. The number of likely N-dealkylation sites (tertiary alicyclic amines) is 1. The van der Waals surface area contributed by atoms with E-state index >= 15 is 0 Å². The summed E-state index contributed by atoms with van der Waals surface area (Å²) in [7, 11) is 0. The van der Waals surface area contributed by atoms with Crippen LogP contribution in [-0.4, -0.2) is 44.3 Å². The SMILES string of the molecule is NCCOCCCCCCN1CCCCC1. The molecule has 1 heterocycles. The molecule has 0 aromatic rings. The van der Waals surface area contributed by atoms with Gasteiger partial charge in [-0.3, -0.25) is 0 Å². The zero-order valence-electron chi connectivity index (χ0n) is 10.6. The largest absolute Gasteiger partial charge is 0.380 e. The summed E-state index contributed by atoms with van der Waals surface area (Å²) in [5, 5.41) is 0. The lowest BCUT2D eigenvalue weighted by atomic mass is 10.1. The van der Waals surface area contributed by atoms with Gasteiger partial charge in [-0.05, 0) is 45.3 Å². The highest BCUT2D eigenvalue weighted by Crippen LogP contribution is 2.10. The molecule has 1 saturated heterocycles. The van der Waals surface area contributed by atoms with Gasteiger partial charge < -0.3 is 15.4 Å². The molecule has 0 aromatic carbocycles. The second-order valence-corrected chi connectivity index (χ2v) is 4.72. The van der Waals surface area contributed by atoms with E-state index in [4.69, 9.17) is 10.5 Å². The summed E-state index contributed by atoms with van der Waals surface area (Å²) in [5.74, 6) is 0. The minimum atomic E-state index is 0.648. The lowest BCUT2D eigenvalue weighted by Gasteiger charge is -2.26. The van der Waals surface area contributed by atoms with Crippen molar-refractivity contribution in [2.45, 2.75) is 44.9 Å². The molecule has 0 aliphatic carbocycles. The molecule has 3 nitrogen and oxygen atoms in total. The van der Waals surface area contributed by atoms with Crippen LogP contribution in [0.15, 0.2) is 0 Å². The van der Waals surface area contributed by atoms with Crippen molar-refractivity contribution in [3.63, 3.8) is 0 Å². The van der Waals surface area contributed by atoms with Crippen LogP contribution in [0.5, 0.6) is 0 Å². The smallest absolute Gasteiger partial charge is 0.0588 e. The Kier molecular flexibility index (Phi) is 8.77. The van der Waals surface area contributed by atoms with Crippen LogP contribution in [0.1, 0.15) is 44.9 Å². The zero-order chi connectivity index (χ0) is 11.5. The molecule has 1 rings (SSSR count). The Hall–Kier alpha value is -0.120. The van der Waals surface area contributed by atoms with Crippen LogP contribution in [0, 0.1) is 0 Å². The van der Waals surface area contributed by atoms with Gasteiger partial charge >= 0.3 is 0 Å². The summed E-state index contributed by atoms with van der Waals surface area (Å²) >= 11 is 0. The monoisotopic (exact) mass is 228 g/mol. The molecule has 1 aliphatic rings. The second-order valence-electron chi connectivity index (χ2n) is 4.72. The fourth-order valence-corrected chi connectivity index (χ4v) is 2.26. The molecule has 0 radical (unpaired) electrons. The van der Waals surface area contributed by atoms with Gasteiger partial charge in [-0.1, -0.05) is 19.3 Å². The van der Waals surface area contributed by atoms with Crippen LogP contribution >= 0.6 is 0 Å². The molecule has 16 heavy (non-hydrogen) atoms. The highest BCUT2D eigenvalue weighted by molar-refractivity contribution is 4.64. The number of rotatable bonds is 9. The third-order valence-electron chi connectivity index (χ3n) is 3.22. The summed E-state index contributed by atoms with van der Waals surface area (Å²) in [6, 6.07) is 0. The molecule has 3 heteroatoms. The highest BCUT2D eigenvalue weighted by atomic mass is 16.5. The number of piperidine rings is 1. The minimum absolute atomic E-state index is 0.648. The minimum Gasteiger partial charge on any atom is -0.380 e. The first-order valence-corrected chi connectivity index (χ1v) is 6.93. The zero-order valence-corrected chi connectivity index (χ0v) is 10.6. The predicted molar refractivity (Wildman–Crippen MR) is 68.6 cm³/mol. The van der Waals surface area contributed by atoms with Crippen LogP contribution in [0.4, 0.5) is 0 Å². The third-order valence-corrected chi connectivity index (χ3v) is 3.22. The molecule has 2 N–H and O–H groups in total. The normalized spacial score (nSPS) is 17.8. The molecule has 0 amide bonds. The van der Waals surface area contributed by atoms with Crippen LogP contribution in [0.3, 0.4) is 0 Å². The summed E-state index contributed by atoms with van der Waals surface area (Å²) in [4.78, 5) is 2.62. The summed E-state index contributed by atoms with van der Waals surface area (Å²) in [6.45, 7) is 6.23. The van der Waals surface area contributed by atoms with Gasteiger partial charge in [0.2, 0.25) is 0 Å². The molecule has 0 bridgehead atoms. The third kappa shape index (κ3) is 7.20. The Labute approximate surface area is 100 Å². The molecular weight excluding hydrogens is 200 g/mol. The molecular formula is C13H28N2O. The van der Waals surface area contributed by atoms with Gasteiger partial charge in [0.15, 0.2) is 0 Å². The number of hydrogen-bond donors (Lipinski definition) is 1. The van der Waals surface area contributed by atoms with Crippen molar-refractivity contribution >= 4 is 0 Å². The van der Waals surface area contributed by atoms with Crippen molar-refractivity contribution in [2.75, 3.05) is 39.4 Å². The van der Waals surface area contributed by atoms with Crippen molar-refractivity contribution in [3.05, 3.63) is 0 Å². The van der Waals surface area contributed by atoms with Crippen LogP contribution in [0.2, 0.25) is 0 Å². The number of unbranched alkanes of at least 4 members (excludes halogenated alkanes) is 3. The highest BCUT2D eigenvalue weighted by Gasteiger charge is 2.08. The maximum absolute atomic E-state index is 5.34. The van der Waals surface area contributed by atoms with Gasteiger partial charge in [0.05, 0.1) is 6.61 Å². The maximum Gasteiger partial charge on any atom is 0.0588 e. The number of nitrogens with two attached hydrogens (primary N) is 1. The van der Waals surface area contributed by atoms with Crippen molar-refractivity contribution in [1.29, 1.82) is 0 Å². The van der Waals surface area contributed by atoms with Crippen LogP contribution in [0.25, 0.3) is 0 Å². The maximum atomic E-state index is 5.34. The number of hydrogen-bond acceptors (Lipinski definition) is 3. The molecule has 1 fully saturated rings. The first-order chi connectivity index (χ1) is 7.93. The van der Waals surface area contributed by atoms with Gasteiger partial charge in [0, 0.05) is 13.2 Å². The molecule has 0 saturated carbocycles. The Morgan fingerprint density at radius 1 is 0.875 bits per heavy atom. The fraction of sp³-hybridized carbons (Fsp3) is 1.00. The van der Waals surface area contributed by atoms with E-state index in [1.165, 1.54) is 64.6 Å². The van der Waals surface area contributed by atoms with E-state index in [9.17, 15) is 0 Å². The summed E-state index contributed by atoms with van der Waals surface area (Å²) in [5.41, 5.74) is 5.34. The van der Waals surface area contributed by atoms with Crippen LogP contribution < -0.4 is 5.73 Å². The van der Waals surface area contributed by atoms with E-state index < -0.39 is 0 Å². The lowest BCUT2D eigenvalue weighted by Crippen LogP contribution is -2.30. The van der Waals surface area contributed by atoms with E-state index in [2.05, 4.69) is 4.90 Å². The molecule has 0 spiro atoms. The number of nitrogens with zero attached hydrogens (tertiary/aromatic N) is 1. The van der Waals surface area contributed by atoms with Crippen molar-refractivity contribution < 1.29 is 4.74 Å². The van der Waals surface area contributed by atoms with Crippen molar-refractivity contribution in [1.82, 2.24) is 4.90 Å². The van der Waals surface area contributed by atoms with Crippen molar-refractivity contribution in [3.8, 4) is 0 Å². The number of ether oxygens (including phenoxy) is 1. The van der Waals surface area contributed by atoms with Crippen LogP contribution in [-0.2, 0) is 4.74 Å².